The van der Waals surface area contributed by atoms with E-state index in [1.165, 1.54) is 12.1 Å². The molecule has 0 N–H and O–H groups in total. The second-order valence-electron chi connectivity index (χ2n) is 3.95. The molecular formula is C14H9F3O. The third-order valence-corrected chi connectivity index (χ3v) is 2.63. The molecule has 0 spiro atoms. The summed E-state index contributed by atoms with van der Waals surface area (Å²) in [5.41, 5.74) is 0.799. The molecule has 4 heteroatoms. The van der Waals surface area contributed by atoms with Gasteiger partial charge in [-0.25, -0.2) is 13.2 Å². The SMILES string of the molecule is Cc1ccc(F)c(-c2cc(F)c(F)cc2C=O)c1. The molecule has 0 atom stereocenters. The van der Waals surface area contributed by atoms with Crippen LogP contribution in [0.25, 0.3) is 11.1 Å². The number of carbonyl (C=O) groups is 1. The Bertz CT molecular complexity index is 621. The van der Waals surface area contributed by atoms with Crippen molar-refractivity contribution in [2.75, 3.05) is 0 Å². The van der Waals surface area contributed by atoms with Crippen LogP contribution in [0.5, 0.6) is 0 Å². The highest BCUT2D eigenvalue weighted by Crippen LogP contribution is 2.28. The van der Waals surface area contributed by atoms with Gasteiger partial charge < -0.3 is 0 Å². The van der Waals surface area contributed by atoms with Crippen molar-refractivity contribution in [1.29, 1.82) is 0 Å². The van der Waals surface area contributed by atoms with Crippen molar-refractivity contribution in [3.05, 3.63) is 58.9 Å². The molecule has 2 aromatic carbocycles. The highest BCUT2D eigenvalue weighted by molar-refractivity contribution is 5.87. The summed E-state index contributed by atoms with van der Waals surface area (Å²) < 4.78 is 39.9. The Morgan fingerprint density at radius 1 is 0.889 bits per heavy atom. The van der Waals surface area contributed by atoms with E-state index in [0.29, 0.717) is 6.29 Å². The molecule has 0 fully saturated rings. The van der Waals surface area contributed by atoms with Crippen LogP contribution in [0.2, 0.25) is 0 Å². The van der Waals surface area contributed by atoms with Gasteiger partial charge in [0.1, 0.15) is 5.82 Å². The van der Waals surface area contributed by atoms with E-state index in [1.54, 1.807) is 13.0 Å². The minimum Gasteiger partial charge on any atom is -0.298 e. The molecule has 92 valence electrons. The van der Waals surface area contributed by atoms with Gasteiger partial charge >= 0.3 is 0 Å². The van der Waals surface area contributed by atoms with Crippen molar-refractivity contribution < 1.29 is 18.0 Å². The molecule has 0 aromatic heterocycles. The second-order valence-corrected chi connectivity index (χ2v) is 3.95. The van der Waals surface area contributed by atoms with Crippen molar-refractivity contribution >= 4 is 6.29 Å². The number of hydrogen-bond donors (Lipinski definition) is 0. The average molecular weight is 250 g/mol. The molecule has 0 unspecified atom stereocenters. The quantitative estimate of drug-likeness (QED) is 0.739. The molecule has 0 aliphatic rings. The van der Waals surface area contributed by atoms with E-state index in [2.05, 4.69) is 0 Å². The van der Waals surface area contributed by atoms with Gasteiger partial charge in [0, 0.05) is 11.1 Å². The van der Waals surface area contributed by atoms with E-state index in [0.717, 1.165) is 17.7 Å². The molecule has 0 amide bonds. The number of carbonyl (C=O) groups excluding carboxylic acids is 1. The van der Waals surface area contributed by atoms with Gasteiger partial charge in [0.25, 0.3) is 0 Å². The van der Waals surface area contributed by atoms with Crippen LogP contribution in [0.4, 0.5) is 13.2 Å². The Balaban J connectivity index is 2.73. The molecule has 18 heavy (non-hydrogen) atoms. The first kappa shape index (κ1) is 12.4. The number of halogens is 3. The minimum atomic E-state index is -1.13. The monoisotopic (exact) mass is 250 g/mol. The lowest BCUT2D eigenvalue weighted by atomic mass is 9.98. The van der Waals surface area contributed by atoms with Crippen molar-refractivity contribution in [2.45, 2.75) is 6.92 Å². The van der Waals surface area contributed by atoms with Crippen LogP contribution >= 0.6 is 0 Å². The predicted octanol–water partition coefficient (Wildman–Crippen LogP) is 3.89. The van der Waals surface area contributed by atoms with E-state index in [9.17, 15) is 18.0 Å². The fourth-order valence-electron chi connectivity index (χ4n) is 1.74. The maximum atomic E-state index is 13.7. The fraction of sp³-hybridized carbons (Fsp3) is 0.0714. The molecule has 0 aliphatic heterocycles. The van der Waals surface area contributed by atoms with E-state index >= 15 is 0 Å². The third kappa shape index (κ3) is 2.14. The molecule has 0 radical (unpaired) electrons. The van der Waals surface area contributed by atoms with Crippen LogP contribution in [0, 0.1) is 24.4 Å². The minimum absolute atomic E-state index is 0.0464. The van der Waals surface area contributed by atoms with E-state index < -0.39 is 17.5 Å². The standard InChI is InChI=1S/C14H9F3O/c1-8-2-3-12(15)11(4-8)10-6-14(17)13(16)5-9(10)7-18/h2-7H,1H3. The molecule has 0 saturated heterocycles. The predicted molar refractivity (Wildman–Crippen MR) is 61.9 cm³/mol. The van der Waals surface area contributed by atoms with Crippen LogP contribution in [0.1, 0.15) is 15.9 Å². The first-order valence-electron chi connectivity index (χ1n) is 5.23. The van der Waals surface area contributed by atoms with Crippen molar-refractivity contribution in [3.63, 3.8) is 0 Å². The molecule has 2 rings (SSSR count). The van der Waals surface area contributed by atoms with Gasteiger partial charge in [-0.3, -0.25) is 4.79 Å². The van der Waals surface area contributed by atoms with Gasteiger partial charge in [-0.05, 0) is 36.8 Å². The van der Waals surface area contributed by atoms with Gasteiger partial charge in [-0.2, -0.15) is 0 Å². The first-order chi connectivity index (χ1) is 8.52. The summed E-state index contributed by atoms with van der Waals surface area (Å²) in [6.07, 6.45) is 0.375. The summed E-state index contributed by atoms with van der Waals surface area (Å²) in [6, 6.07) is 5.85. The zero-order valence-corrected chi connectivity index (χ0v) is 9.51. The molecule has 1 nitrogen and oxygen atoms in total. The number of aldehydes is 1. The van der Waals surface area contributed by atoms with Gasteiger partial charge in [0.2, 0.25) is 0 Å². The zero-order valence-electron chi connectivity index (χ0n) is 9.51. The summed E-state index contributed by atoms with van der Waals surface area (Å²) >= 11 is 0. The Hall–Kier alpha value is -2.10. The summed E-state index contributed by atoms with van der Waals surface area (Å²) in [5, 5.41) is 0. The Morgan fingerprint density at radius 2 is 1.56 bits per heavy atom. The average Bonchev–Trinajstić information content (AvgIpc) is 2.35. The number of benzene rings is 2. The van der Waals surface area contributed by atoms with Crippen molar-refractivity contribution in [1.82, 2.24) is 0 Å². The Morgan fingerprint density at radius 3 is 2.22 bits per heavy atom. The lowest BCUT2D eigenvalue weighted by Crippen LogP contribution is -1.96. The largest absolute Gasteiger partial charge is 0.298 e. The first-order valence-corrected chi connectivity index (χ1v) is 5.23. The lowest BCUT2D eigenvalue weighted by molar-refractivity contribution is 0.112. The van der Waals surface area contributed by atoms with Crippen LogP contribution in [0.15, 0.2) is 30.3 Å². The maximum Gasteiger partial charge on any atom is 0.159 e. The summed E-state index contributed by atoms with van der Waals surface area (Å²) in [6.45, 7) is 1.74. The fourth-order valence-corrected chi connectivity index (χ4v) is 1.74. The summed E-state index contributed by atoms with van der Waals surface area (Å²) in [5.74, 6) is -2.83. The van der Waals surface area contributed by atoms with Crippen LogP contribution in [0.3, 0.4) is 0 Å². The van der Waals surface area contributed by atoms with Gasteiger partial charge in [-0.15, -0.1) is 0 Å². The van der Waals surface area contributed by atoms with Gasteiger partial charge in [0.05, 0.1) is 0 Å². The molecule has 2 aromatic rings. The topological polar surface area (TPSA) is 17.1 Å². The lowest BCUT2D eigenvalue weighted by Gasteiger charge is -2.08. The zero-order chi connectivity index (χ0) is 13.3. The number of aryl methyl sites for hydroxylation is 1. The molecule has 0 aliphatic carbocycles. The van der Waals surface area contributed by atoms with Gasteiger partial charge in [0.15, 0.2) is 17.9 Å². The Kier molecular flexibility index (Phi) is 3.19. The number of rotatable bonds is 2. The molecule has 0 heterocycles. The third-order valence-electron chi connectivity index (χ3n) is 2.63. The van der Waals surface area contributed by atoms with Crippen molar-refractivity contribution in [3.8, 4) is 11.1 Å². The van der Waals surface area contributed by atoms with E-state index in [-0.39, 0.29) is 16.7 Å². The second kappa shape index (κ2) is 4.64. The van der Waals surface area contributed by atoms with Crippen LogP contribution in [-0.2, 0) is 0 Å². The van der Waals surface area contributed by atoms with E-state index in [1.807, 2.05) is 0 Å². The van der Waals surface area contributed by atoms with Gasteiger partial charge in [-0.1, -0.05) is 11.6 Å². The normalized spacial score (nSPS) is 10.4. The maximum absolute atomic E-state index is 13.7. The molecular weight excluding hydrogens is 241 g/mol. The molecule has 0 bridgehead atoms. The van der Waals surface area contributed by atoms with Crippen molar-refractivity contribution in [2.24, 2.45) is 0 Å². The number of hydrogen-bond acceptors (Lipinski definition) is 1. The summed E-state index contributed by atoms with van der Waals surface area (Å²) in [4.78, 5) is 10.8. The summed E-state index contributed by atoms with van der Waals surface area (Å²) in [7, 11) is 0. The smallest absolute Gasteiger partial charge is 0.159 e. The highest BCUT2D eigenvalue weighted by atomic mass is 19.2. The van der Waals surface area contributed by atoms with Crippen LogP contribution < -0.4 is 0 Å². The highest BCUT2D eigenvalue weighted by Gasteiger charge is 2.14. The van der Waals surface area contributed by atoms with E-state index in [4.69, 9.17) is 0 Å². The van der Waals surface area contributed by atoms with Crippen LogP contribution in [-0.4, -0.2) is 6.29 Å². The molecule has 0 saturated carbocycles. The Labute approximate surface area is 102 Å².